The number of ether oxygens (including phenoxy) is 2. The molecule has 1 aliphatic rings. The van der Waals surface area contributed by atoms with Crippen LogP contribution in [-0.2, 0) is 9.47 Å². The highest BCUT2D eigenvalue weighted by Gasteiger charge is 2.17. The summed E-state index contributed by atoms with van der Waals surface area (Å²) >= 11 is 0. The molecule has 0 aromatic carbocycles. The van der Waals surface area contributed by atoms with Crippen LogP contribution in [0.4, 0.5) is 0 Å². The molecule has 0 spiro atoms. The fourth-order valence-corrected chi connectivity index (χ4v) is 1.73. The Bertz CT molecular complexity index is 178. The monoisotopic (exact) mass is 213 g/mol. The Kier molecular flexibility index (Phi) is 5.91. The van der Waals surface area contributed by atoms with Crippen LogP contribution in [0.15, 0.2) is 12.7 Å². The lowest BCUT2D eigenvalue weighted by Gasteiger charge is -2.23. The summed E-state index contributed by atoms with van der Waals surface area (Å²) in [6, 6.07) is 0. The summed E-state index contributed by atoms with van der Waals surface area (Å²) in [7, 11) is 0. The third-order valence-corrected chi connectivity index (χ3v) is 2.81. The lowest BCUT2D eigenvalue weighted by Crippen LogP contribution is -2.33. The van der Waals surface area contributed by atoms with Crippen LogP contribution < -0.4 is 0 Å². The van der Waals surface area contributed by atoms with E-state index in [9.17, 15) is 0 Å². The van der Waals surface area contributed by atoms with Gasteiger partial charge in [-0.25, -0.2) is 0 Å². The van der Waals surface area contributed by atoms with Crippen LogP contribution in [0.3, 0.4) is 0 Å². The maximum absolute atomic E-state index is 5.69. The van der Waals surface area contributed by atoms with Gasteiger partial charge in [0.25, 0.3) is 0 Å². The predicted octanol–water partition coefficient (Wildman–Crippen LogP) is 2.04. The van der Waals surface area contributed by atoms with E-state index in [1.54, 1.807) is 6.08 Å². The molecule has 1 fully saturated rings. The molecular weight excluding hydrogens is 190 g/mol. The zero-order valence-electron chi connectivity index (χ0n) is 9.95. The average molecular weight is 213 g/mol. The summed E-state index contributed by atoms with van der Waals surface area (Å²) in [5, 5.41) is 0. The van der Waals surface area contributed by atoms with Crippen molar-refractivity contribution in [3.63, 3.8) is 0 Å². The second-order valence-electron chi connectivity index (χ2n) is 4.02. The molecule has 0 N–H and O–H groups in total. The summed E-state index contributed by atoms with van der Waals surface area (Å²) in [6.45, 7) is 11.4. The number of likely N-dealkylation sites (tertiary alicyclic amines) is 1. The van der Waals surface area contributed by atoms with Crippen LogP contribution in [0.1, 0.15) is 26.7 Å². The Morgan fingerprint density at radius 2 is 1.80 bits per heavy atom. The normalized spacial score (nSPS) is 21.5. The van der Waals surface area contributed by atoms with E-state index in [4.69, 9.17) is 9.47 Å². The third-order valence-electron chi connectivity index (χ3n) is 2.81. The topological polar surface area (TPSA) is 21.7 Å². The van der Waals surface area contributed by atoms with E-state index in [2.05, 4.69) is 18.4 Å². The van der Waals surface area contributed by atoms with Gasteiger partial charge in [0.2, 0.25) is 0 Å². The van der Waals surface area contributed by atoms with Crippen molar-refractivity contribution in [1.29, 1.82) is 0 Å². The first-order valence-electron chi connectivity index (χ1n) is 5.84. The van der Waals surface area contributed by atoms with Gasteiger partial charge in [0, 0.05) is 13.1 Å². The van der Waals surface area contributed by atoms with Crippen molar-refractivity contribution in [2.45, 2.75) is 39.0 Å². The zero-order chi connectivity index (χ0) is 11.1. The Morgan fingerprint density at radius 3 is 2.40 bits per heavy atom. The van der Waals surface area contributed by atoms with Crippen molar-refractivity contribution in [2.24, 2.45) is 0 Å². The molecule has 0 aromatic rings. The van der Waals surface area contributed by atoms with Gasteiger partial charge in [0.15, 0.2) is 0 Å². The van der Waals surface area contributed by atoms with E-state index in [0.29, 0.717) is 13.2 Å². The Labute approximate surface area is 93.0 Å². The molecule has 0 bridgehead atoms. The number of nitrogens with zero attached hydrogens (tertiary/aromatic N) is 1. The minimum Gasteiger partial charge on any atom is -0.372 e. The second kappa shape index (κ2) is 6.99. The van der Waals surface area contributed by atoms with Gasteiger partial charge in [-0.05, 0) is 26.7 Å². The van der Waals surface area contributed by atoms with Crippen LogP contribution in [0.25, 0.3) is 0 Å². The Balaban J connectivity index is 2.01. The van der Waals surface area contributed by atoms with Crippen molar-refractivity contribution >= 4 is 0 Å². The molecule has 88 valence electrons. The van der Waals surface area contributed by atoms with E-state index in [-0.39, 0.29) is 12.3 Å². The first-order valence-corrected chi connectivity index (χ1v) is 5.84. The largest absolute Gasteiger partial charge is 0.372 e. The highest BCUT2D eigenvalue weighted by molar-refractivity contribution is 4.74. The van der Waals surface area contributed by atoms with E-state index in [0.717, 1.165) is 0 Å². The van der Waals surface area contributed by atoms with Crippen molar-refractivity contribution in [3.8, 4) is 0 Å². The molecular formula is C12H23NO2. The number of hydrogen-bond donors (Lipinski definition) is 0. The van der Waals surface area contributed by atoms with E-state index in [1.807, 2.05) is 6.92 Å². The number of hydrogen-bond acceptors (Lipinski definition) is 3. The summed E-state index contributed by atoms with van der Waals surface area (Å²) in [5.41, 5.74) is 0. The highest BCUT2D eigenvalue weighted by Crippen LogP contribution is 2.11. The van der Waals surface area contributed by atoms with E-state index < -0.39 is 0 Å². The van der Waals surface area contributed by atoms with E-state index >= 15 is 0 Å². The molecule has 0 aliphatic carbocycles. The first-order chi connectivity index (χ1) is 7.24. The molecule has 15 heavy (non-hydrogen) atoms. The standard InChI is InChI=1S/C12H23NO2/c1-4-11(2)14-9-10-15-12(3)13-7-5-6-8-13/h4,11-12H,1,5-10H2,2-3H3. The van der Waals surface area contributed by atoms with Crippen molar-refractivity contribution in [1.82, 2.24) is 4.90 Å². The molecule has 3 heteroatoms. The summed E-state index contributed by atoms with van der Waals surface area (Å²) < 4.78 is 11.1. The lowest BCUT2D eigenvalue weighted by atomic mass is 10.4. The molecule has 0 radical (unpaired) electrons. The Morgan fingerprint density at radius 1 is 1.20 bits per heavy atom. The second-order valence-corrected chi connectivity index (χ2v) is 4.02. The van der Waals surface area contributed by atoms with Crippen LogP contribution in [-0.4, -0.2) is 43.5 Å². The van der Waals surface area contributed by atoms with Crippen LogP contribution >= 0.6 is 0 Å². The molecule has 0 aromatic heterocycles. The summed E-state index contributed by atoms with van der Waals surface area (Å²) in [6.07, 6.45) is 4.75. The van der Waals surface area contributed by atoms with E-state index in [1.165, 1.54) is 25.9 Å². The summed E-state index contributed by atoms with van der Waals surface area (Å²) in [5.74, 6) is 0. The highest BCUT2D eigenvalue weighted by atomic mass is 16.5. The van der Waals surface area contributed by atoms with Crippen molar-refractivity contribution in [2.75, 3.05) is 26.3 Å². The van der Waals surface area contributed by atoms with Gasteiger partial charge in [-0.15, -0.1) is 6.58 Å². The van der Waals surface area contributed by atoms with Gasteiger partial charge >= 0.3 is 0 Å². The van der Waals surface area contributed by atoms with Crippen LogP contribution in [0.5, 0.6) is 0 Å². The molecule has 1 heterocycles. The van der Waals surface area contributed by atoms with Crippen molar-refractivity contribution in [3.05, 3.63) is 12.7 Å². The molecule has 1 rings (SSSR count). The predicted molar refractivity (Wildman–Crippen MR) is 61.8 cm³/mol. The fourth-order valence-electron chi connectivity index (χ4n) is 1.73. The molecule has 3 nitrogen and oxygen atoms in total. The SMILES string of the molecule is C=CC(C)OCCOC(C)N1CCCC1. The molecule has 2 unspecified atom stereocenters. The maximum Gasteiger partial charge on any atom is 0.107 e. The maximum atomic E-state index is 5.69. The molecule has 0 saturated carbocycles. The van der Waals surface area contributed by atoms with Crippen LogP contribution in [0, 0.1) is 0 Å². The van der Waals surface area contributed by atoms with Gasteiger partial charge in [-0.2, -0.15) is 0 Å². The first kappa shape index (κ1) is 12.7. The summed E-state index contributed by atoms with van der Waals surface area (Å²) in [4.78, 5) is 2.37. The minimum absolute atomic E-state index is 0.121. The third kappa shape index (κ3) is 4.78. The van der Waals surface area contributed by atoms with Gasteiger partial charge < -0.3 is 9.47 Å². The van der Waals surface area contributed by atoms with Gasteiger partial charge in [-0.3, -0.25) is 4.90 Å². The zero-order valence-corrected chi connectivity index (χ0v) is 9.95. The molecule has 1 saturated heterocycles. The van der Waals surface area contributed by atoms with Gasteiger partial charge in [0.1, 0.15) is 6.23 Å². The lowest BCUT2D eigenvalue weighted by molar-refractivity contribution is -0.0621. The van der Waals surface area contributed by atoms with Crippen molar-refractivity contribution < 1.29 is 9.47 Å². The van der Waals surface area contributed by atoms with Crippen LogP contribution in [0.2, 0.25) is 0 Å². The molecule has 1 aliphatic heterocycles. The number of rotatable bonds is 7. The fraction of sp³-hybridized carbons (Fsp3) is 0.833. The molecule has 0 amide bonds. The quantitative estimate of drug-likeness (QED) is 0.477. The van der Waals surface area contributed by atoms with Gasteiger partial charge in [-0.1, -0.05) is 6.08 Å². The van der Waals surface area contributed by atoms with Gasteiger partial charge in [0.05, 0.1) is 19.3 Å². The minimum atomic E-state index is 0.121. The molecule has 2 atom stereocenters. The average Bonchev–Trinajstić information content (AvgIpc) is 2.77. The Hall–Kier alpha value is -0.380. The smallest absolute Gasteiger partial charge is 0.107 e.